The van der Waals surface area contributed by atoms with Crippen molar-refractivity contribution in [2.75, 3.05) is 0 Å². The Morgan fingerprint density at radius 3 is 2.67 bits per heavy atom. The van der Waals surface area contributed by atoms with Crippen LogP contribution in [-0.4, -0.2) is 5.97 Å². The second-order valence-electron chi connectivity index (χ2n) is 5.45. The van der Waals surface area contributed by atoms with Crippen molar-refractivity contribution in [1.82, 2.24) is 0 Å². The third-order valence-electron chi connectivity index (χ3n) is 4.02. The van der Waals surface area contributed by atoms with Crippen molar-refractivity contribution >= 4 is 16.7 Å². The van der Waals surface area contributed by atoms with Crippen LogP contribution in [0.1, 0.15) is 33.2 Å². The fourth-order valence-corrected chi connectivity index (χ4v) is 3.04. The lowest BCUT2D eigenvalue weighted by molar-refractivity contribution is 0.0457. The van der Waals surface area contributed by atoms with Crippen molar-refractivity contribution in [3.8, 4) is 0 Å². The second-order valence-corrected chi connectivity index (χ2v) is 5.45. The number of esters is 1. The van der Waals surface area contributed by atoms with Gasteiger partial charge in [0.05, 0.1) is 5.56 Å². The Bertz CT molecular complexity index is 864. The van der Waals surface area contributed by atoms with Crippen molar-refractivity contribution in [3.05, 3.63) is 82.9 Å². The van der Waals surface area contributed by atoms with Gasteiger partial charge in [0.1, 0.15) is 0 Å². The Labute approximate surface area is 123 Å². The molecule has 2 nitrogen and oxygen atoms in total. The first kappa shape index (κ1) is 12.2. The molecule has 1 heterocycles. The van der Waals surface area contributed by atoms with Gasteiger partial charge in [-0.25, -0.2) is 4.79 Å². The van der Waals surface area contributed by atoms with Gasteiger partial charge in [-0.3, -0.25) is 0 Å². The van der Waals surface area contributed by atoms with E-state index in [9.17, 15) is 4.79 Å². The zero-order valence-electron chi connectivity index (χ0n) is 11.7. The number of aryl methyl sites for hydroxylation is 1. The molecule has 0 N–H and O–H groups in total. The Hall–Kier alpha value is -2.61. The zero-order chi connectivity index (χ0) is 14.4. The summed E-state index contributed by atoms with van der Waals surface area (Å²) in [5.74, 6) is -0.228. The van der Waals surface area contributed by atoms with Crippen molar-refractivity contribution in [2.24, 2.45) is 0 Å². The highest BCUT2D eigenvalue weighted by Crippen LogP contribution is 2.39. The number of benzene rings is 3. The molecule has 2 heteroatoms. The number of carbonyl (C=O) groups excluding carboxylic acids is 1. The molecule has 0 saturated carbocycles. The smallest absolute Gasteiger partial charge is 0.340 e. The second kappa shape index (κ2) is 4.45. The standard InChI is InChI=1S/C19H14O2/c1-12-5-4-7-14(11-12)18-16-10-9-13-6-2-3-8-15(13)17(16)19(20)21-18/h2-11,18H,1H3. The molecule has 1 aliphatic heterocycles. The van der Waals surface area contributed by atoms with E-state index in [-0.39, 0.29) is 12.1 Å². The molecule has 3 aromatic rings. The Morgan fingerprint density at radius 2 is 1.81 bits per heavy atom. The summed E-state index contributed by atoms with van der Waals surface area (Å²) >= 11 is 0. The lowest BCUT2D eigenvalue weighted by Gasteiger charge is -2.12. The maximum absolute atomic E-state index is 12.3. The molecule has 4 rings (SSSR count). The lowest BCUT2D eigenvalue weighted by atomic mass is 9.94. The van der Waals surface area contributed by atoms with Gasteiger partial charge < -0.3 is 4.74 Å². The lowest BCUT2D eigenvalue weighted by Crippen LogP contribution is -2.00. The van der Waals surface area contributed by atoms with Gasteiger partial charge in [-0.2, -0.15) is 0 Å². The summed E-state index contributed by atoms with van der Waals surface area (Å²) in [5.41, 5.74) is 3.86. The Kier molecular flexibility index (Phi) is 2.58. The molecular formula is C19H14O2. The topological polar surface area (TPSA) is 26.3 Å². The molecular weight excluding hydrogens is 260 g/mol. The first-order valence-electron chi connectivity index (χ1n) is 7.03. The highest BCUT2D eigenvalue weighted by Gasteiger charge is 2.33. The number of fused-ring (bicyclic) bond motifs is 3. The Balaban J connectivity index is 1.94. The highest BCUT2D eigenvalue weighted by molar-refractivity contribution is 6.08. The van der Waals surface area contributed by atoms with Crippen molar-refractivity contribution in [3.63, 3.8) is 0 Å². The van der Waals surface area contributed by atoms with Crippen LogP contribution in [-0.2, 0) is 4.74 Å². The van der Waals surface area contributed by atoms with E-state index in [2.05, 4.69) is 12.1 Å². The molecule has 21 heavy (non-hydrogen) atoms. The van der Waals surface area contributed by atoms with E-state index in [0.29, 0.717) is 5.56 Å². The van der Waals surface area contributed by atoms with Gasteiger partial charge in [0, 0.05) is 5.56 Å². The van der Waals surface area contributed by atoms with Crippen LogP contribution >= 0.6 is 0 Å². The molecule has 1 atom stereocenters. The number of hydrogen-bond donors (Lipinski definition) is 0. The summed E-state index contributed by atoms with van der Waals surface area (Å²) in [5, 5.41) is 2.04. The molecule has 0 aliphatic carbocycles. The van der Waals surface area contributed by atoms with Crippen LogP contribution in [0.5, 0.6) is 0 Å². The van der Waals surface area contributed by atoms with Crippen molar-refractivity contribution in [2.45, 2.75) is 13.0 Å². The van der Waals surface area contributed by atoms with E-state index in [1.54, 1.807) is 0 Å². The van der Waals surface area contributed by atoms with E-state index in [0.717, 1.165) is 27.5 Å². The summed E-state index contributed by atoms with van der Waals surface area (Å²) in [6.07, 6.45) is -0.294. The normalized spacial score (nSPS) is 16.8. The number of carbonyl (C=O) groups is 1. The average molecular weight is 274 g/mol. The van der Waals surface area contributed by atoms with Crippen molar-refractivity contribution in [1.29, 1.82) is 0 Å². The van der Waals surface area contributed by atoms with Gasteiger partial charge >= 0.3 is 5.97 Å². The molecule has 1 aliphatic rings. The first-order valence-corrected chi connectivity index (χ1v) is 7.03. The largest absolute Gasteiger partial charge is 0.449 e. The van der Waals surface area contributed by atoms with Crippen molar-refractivity contribution < 1.29 is 9.53 Å². The maximum Gasteiger partial charge on any atom is 0.340 e. The van der Waals surface area contributed by atoms with E-state index in [4.69, 9.17) is 4.74 Å². The monoisotopic (exact) mass is 274 g/mol. The molecule has 0 spiro atoms. The zero-order valence-corrected chi connectivity index (χ0v) is 11.7. The van der Waals surface area contributed by atoms with Gasteiger partial charge in [0.2, 0.25) is 0 Å². The summed E-state index contributed by atoms with van der Waals surface area (Å²) < 4.78 is 5.64. The number of cyclic esters (lactones) is 1. The molecule has 0 fully saturated rings. The van der Waals surface area contributed by atoms with Gasteiger partial charge in [-0.05, 0) is 23.3 Å². The van der Waals surface area contributed by atoms with E-state index < -0.39 is 0 Å². The van der Waals surface area contributed by atoms with Crippen LogP contribution in [0.3, 0.4) is 0 Å². The van der Waals surface area contributed by atoms with Gasteiger partial charge in [0.25, 0.3) is 0 Å². The minimum Gasteiger partial charge on any atom is -0.449 e. The molecule has 3 aromatic carbocycles. The van der Waals surface area contributed by atoms with Crippen LogP contribution in [0.15, 0.2) is 60.7 Å². The van der Waals surface area contributed by atoms with E-state index >= 15 is 0 Å². The molecule has 0 bridgehead atoms. The molecule has 0 amide bonds. The Morgan fingerprint density at radius 1 is 0.952 bits per heavy atom. The minimum absolute atomic E-state index is 0.228. The fraction of sp³-hybridized carbons (Fsp3) is 0.105. The molecule has 102 valence electrons. The third kappa shape index (κ3) is 1.83. The summed E-state index contributed by atoms with van der Waals surface area (Å²) in [6.45, 7) is 2.04. The number of rotatable bonds is 1. The quantitative estimate of drug-likeness (QED) is 0.614. The highest BCUT2D eigenvalue weighted by atomic mass is 16.5. The third-order valence-corrected chi connectivity index (χ3v) is 4.02. The van der Waals surface area contributed by atoms with E-state index in [1.165, 1.54) is 0 Å². The van der Waals surface area contributed by atoms with Crippen LogP contribution in [0.2, 0.25) is 0 Å². The van der Waals surface area contributed by atoms with E-state index in [1.807, 2.05) is 55.5 Å². The van der Waals surface area contributed by atoms with Crippen LogP contribution in [0, 0.1) is 6.92 Å². The summed E-state index contributed by atoms with van der Waals surface area (Å²) in [4.78, 5) is 12.3. The predicted octanol–water partition coefficient (Wildman–Crippen LogP) is 4.41. The van der Waals surface area contributed by atoms with Crippen LogP contribution in [0.25, 0.3) is 10.8 Å². The molecule has 0 saturated heterocycles. The minimum atomic E-state index is -0.294. The molecule has 0 aromatic heterocycles. The number of ether oxygens (including phenoxy) is 1. The van der Waals surface area contributed by atoms with Crippen LogP contribution < -0.4 is 0 Å². The SMILES string of the molecule is Cc1cccc(C2OC(=O)c3c2ccc2ccccc32)c1. The fourth-order valence-electron chi connectivity index (χ4n) is 3.04. The predicted molar refractivity (Wildman–Crippen MR) is 82.4 cm³/mol. The average Bonchev–Trinajstić information content (AvgIpc) is 2.85. The molecule has 1 unspecified atom stereocenters. The number of hydrogen-bond acceptors (Lipinski definition) is 2. The van der Waals surface area contributed by atoms with Crippen LogP contribution in [0.4, 0.5) is 0 Å². The van der Waals surface area contributed by atoms with Gasteiger partial charge in [-0.1, -0.05) is 66.2 Å². The molecule has 0 radical (unpaired) electrons. The van der Waals surface area contributed by atoms with Gasteiger partial charge in [-0.15, -0.1) is 0 Å². The summed E-state index contributed by atoms with van der Waals surface area (Å²) in [6, 6.07) is 20.1. The summed E-state index contributed by atoms with van der Waals surface area (Å²) in [7, 11) is 0. The van der Waals surface area contributed by atoms with Gasteiger partial charge in [0.15, 0.2) is 6.10 Å². The first-order chi connectivity index (χ1) is 10.2. The maximum atomic E-state index is 12.3.